The third-order valence-electron chi connectivity index (χ3n) is 4.17. The van der Waals surface area contributed by atoms with Crippen LogP contribution >= 0.6 is 0 Å². The number of methoxy groups -OCH3 is 1. The second kappa shape index (κ2) is 10.6. The Morgan fingerprint density at radius 1 is 1.10 bits per heavy atom. The van der Waals surface area contributed by atoms with Gasteiger partial charge in [0.2, 0.25) is 0 Å². The van der Waals surface area contributed by atoms with E-state index in [1.165, 1.54) is 12.1 Å². The molecule has 30 heavy (non-hydrogen) atoms. The Morgan fingerprint density at radius 2 is 1.90 bits per heavy atom. The van der Waals surface area contributed by atoms with E-state index in [0.717, 1.165) is 5.56 Å². The number of aromatic nitrogens is 1. The zero-order valence-electron chi connectivity index (χ0n) is 16.4. The number of carbonyl (C=O) groups is 1. The van der Waals surface area contributed by atoms with Crippen molar-refractivity contribution in [1.82, 2.24) is 4.98 Å². The largest absolute Gasteiger partial charge is 0.384 e. The highest BCUT2D eigenvalue weighted by atomic mass is 32.2. The fourth-order valence-corrected chi connectivity index (χ4v) is 3.81. The Morgan fingerprint density at radius 3 is 2.70 bits per heavy atom. The van der Waals surface area contributed by atoms with Crippen LogP contribution in [0.25, 0.3) is 0 Å². The van der Waals surface area contributed by atoms with Gasteiger partial charge < -0.3 is 15.4 Å². The van der Waals surface area contributed by atoms with Gasteiger partial charge in [0.05, 0.1) is 12.2 Å². The van der Waals surface area contributed by atoms with Crippen LogP contribution in [-0.4, -0.2) is 34.6 Å². The summed E-state index contributed by atoms with van der Waals surface area (Å²) in [6.07, 6.45) is 1.55. The summed E-state index contributed by atoms with van der Waals surface area (Å²) in [5, 5.41) is 5.81. The molecule has 0 aliphatic carbocycles. The van der Waals surface area contributed by atoms with Crippen LogP contribution in [0.2, 0.25) is 0 Å². The summed E-state index contributed by atoms with van der Waals surface area (Å²) in [4.78, 5) is 17.0. The number of benzene rings is 2. The molecule has 0 fully saturated rings. The van der Waals surface area contributed by atoms with Crippen molar-refractivity contribution < 1.29 is 18.1 Å². The van der Waals surface area contributed by atoms with Crippen molar-refractivity contribution in [2.75, 3.05) is 30.1 Å². The first-order valence-electron chi connectivity index (χ1n) is 9.27. The Labute approximate surface area is 177 Å². The second-order valence-corrected chi connectivity index (χ2v) is 8.05. The molecule has 0 spiro atoms. The van der Waals surface area contributed by atoms with E-state index in [0.29, 0.717) is 40.9 Å². The van der Waals surface area contributed by atoms with E-state index in [1.807, 2.05) is 6.07 Å². The van der Waals surface area contributed by atoms with Gasteiger partial charge in [-0.15, -0.1) is 0 Å². The van der Waals surface area contributed by atoms with Crippen LogP contribution in [0.3, 0.4) is 0 Å². The molecule has 0 bridgehead atoms. The molecule has 0 radical (unpaired) electrons. The van der Waals surface area contributed by atoms with Crippen molar-refractivity contribution in [3.8, 4) is 0 Å². The van der Waals surface area contributed by atoms with Gasteiger partial charge in [-0.1, -0.05) is 18.2 Å². The van der Waals surface area contributed by atoms with E-state index in [-0.39, 0.29) is 11.7 Å². The molecule has 8 heteroatoms. The fraction of sp³-hybridized carbons (Fsp3) is 0.182. The Kier molecular flexibility index (Phi) is 7.64. The molecule has 1 amide bonds. The van der Waals surface area contributed by atoms with E-state index in [4.69, 9.17) is 4.74 Å². The average Bonchev–Trinajstić information content (AvgIpc) is 2.73. The molecule has 3 aromatic rings. The van der Waals surface area contributed by atoms with Gasteiger partial charge in [-0.05, 0) is 48.0 Å². The van der Waals surface area contributed by atoms with Gasteiger partial charge in [0.25, 0.3) is 5.91 Å². The Bertz CT molecular complexity index is 1050. The predicted octanol–water partition coefficient (Wildman–Crippen LogP) is 4.11. The molecule has 2 N–H and O–H groups in total. The number of nitrogens with zero attached hydrogens (tertiary/aromatic N) is 1. The Balaban J connectivity index is 1.72. The van der Waals surface area contributed by atoms with E-state index >= 15 is 0 Å². The van der Waals surface area contributed by atoms with E-state index in [9.17, 15) is 13.4 Å². The fourth-order valence-electron chi connectivity index (χ4n) is 2.76. The normalized spacial score (nSPS) is 11.7. The number of anilines is 3. The molecule has 0 aliphatic rings. The molecule has 0 saturated heterocycles. The van der Waals surface area contributed by atoms with Gasteiger partial charge in [0, 0.05) is 47.0 Å². The first kappa shape index (κ1) is 21.6. The van der Waals surface area contributed by atoms with Crippen molar-refractivity contribution in [2.45, 2.75) is 5.75 Å². The highest BCUT2D eigenvalue weighted by molar-refractivity contribution is 7.84. The van der Waals surface area contributed by atoms with Gasteiger partial charge in [-0.2, -0.15) is 0 Å². The van der Waals surface area contributed by atoms with Crippen LogP contribution in [-0.2, 0) is 21.3 Å². The lowest BCUT2D eigenvalue weighted by molar-refractivity contribution is 0.102. The number of ether oxygens (including phenoxy) is 1. The maximum atomic E-state index is 13.4. The standard InChI is InChI=1S/C22H22FN3O3S/c1-29-11-12-30(28)15-16-5-2-7-18(13-16)26-22(27)20-9-4-10-24-21(20)25-19-8-3-6-17(23)14-19/h2-10,13-14H,11-12,15H2,1H3,(H,24,25)(H,26,27). The maximum absolute atomic E-state index is 13.4. The topological polar surface area (TPSA) is 80.3 Å². The van der Waals surface area contributed by atoms with Crippen molar-refractivity contribution in [3.05, 3.63) is 83.8 Å². The molecule has 1 unspecified atom stereocenters. The van der Waals surface area contributed by atoms with E-state index in [1.54, 1.807) is 55.8 Å². The highest BCUT2D eigenvalue weighted by Gasteiger charge is 2.13. The number of hydrogen-bond donors (Lipinski definition) is 2. The number of amides is 1. The molecular formula is C22H22FN3O3S. The van der Waals surface area contributed by atoms with Crippen LogP contribution in [0.15, 0.2) is 66.9 Å². The minimum absolute atomic E-state index is 0.316. The summed E-state index contributed by atoms with van der Waals surface area (Å²) in [6.45, 7) is 0.436. The van der Waals surface area contributed by atoms with Crippen molar-refractivity contribution in [1.29, 1.82) is 0 Å². The molecule has 2 aromatic carbocycles. The van der Waals surface area contributed by atoms with Gasteiger partial charge >= 0.3 is 0 Å². The first-order chi connectivity index (χ1) is 14.5. The molecular weight excluding hydrogens is 405 g/mol. The molecule has 6 nitrogen and oxygen atoms in total. The number of nitrogens with one attached hydrogen (secondary N) is 2. The van der Waals surface area contributed by atoms with Crippen LogP contribution < -0.4 is 10.6 Å². The minimum atomic E-state index is -1.04. The number of rotatable bonds is 9. The zero-order chi connectivity index (χ0) is 21.3. The lowest BCUT2D eigenvalue weighted by atomic mass is 10.2. The monoisotopic (exact) mass is 427 g/mol. The molecule has 1 aromatic heterocycles. The van der Waals surface area contributed by atoms with Gasteiger partial charge in [0.1, 0.15) is 11.6 Å². The minimum Gasteiger partial charge on any atom is -0.384 e. The summed E-state index contributed by atoms with van der Waals surface area (Å²) in [5.74, 6) is 0.406. The van der Waals surface area contributed by atoms with Crippen molar-refractivity contribution in [3.63, 3.8) is 0 Å². The van der Waals surface area contributed by atoms with Crippen molar-refractivity contribution in [2.24, 2.45) is 0 Å². The lowest BCUT2D eigenvalue weighted by Crippen LogP contribution is -2.15. The van der Waals surface area contributed by atoms with E-state index < -0.39 is 10.8 Å². The van der Waals surface area contributed by atoms with Crippen LogP contribution in [0, 0.1) is 5.82 Å². The summed E-state index contributed by atoms with van der Waals surface area (Å²) in [6, 6.07) is 16.4. The molecule has 0 saturated carbocycles. The molecule has 1 atom stereocenters. The number of pyridine rings is 1. The maximum Gasteiger partial charge on any atom is 0.259 e. The quantitative estimate of drug-likeness (QED) is 0.537. The SMILES string of the molecule is COCCS(=O)Cc1cccc(NC(=O)c2cccnc2Nc2cccc(F)c2)c1. The smallest absolute Gasteiger partial charge is 0.259 e. The van der Waals surface area contributed by atoms with Gasteiger partial charge in [0.15, 0.2) is 0 Å². The molecule has 3 rings (SSSR count). The predicted molar refractivity (Wildman–Crippen MR) is 117 cm³/mol. The number of halogens is 1. The Hall–Kier alpha value is -3.10. The molecule has 1 heterocycles. The van der Waals surface area contributed by atoms with Gasteiger partial charge in [-0.3, -0.25) is 9.00 Å². The van der Waals surface area contributed by atoms with Crippen LogP contribution in [0.5, 0.6) is 0 Å². The van der Waals surface area contributed by atoms with Gasteiger partial charge in [-0.25, -0.2) is 9.37 Å². The zero-order valence-corrected chi connectivity index (χ0v) is 17.2. The second-order valence-electron chi connectivity index (χ2n) is 6.47. The summed E-state index contributed by atoms with van der Waals surface area (Å²) >= 11 is 0. The summed E-state index contributed by atoms with van der Waals surface area (Å²) in [7, 11) is 0.528. The average molecular weight is 428 g/mol. The third kappa shape index (κ3) is 6.20. The van der Waals surface area contributed by atoms with Crippen LogP contribution in [0.4, 0.5) is 21.6 Å². The number of carbonyl (C=O) groups excluding carboxylic acids is 1. The summed E-state index contributed by atoms with van der Waals surface area (Å²) < 4.78 is 30.5. The summed E-state index contributed by atoms with van der Waals surface area (Å²) in [5.41, 5.74) is 2.24. The molecule has 0 aliphatic heterocycles. The van der Waals surface area contributed by atoms with E-state index in [2.05, 4.69) is 15.6 Å². The number of hydrogen-bond acceptors (Lipinski definition) is 5. The third-order valence-corrected chi connectivity index (χ3v) is 5.44. The first-order valence-corrected chi connectivity index (χ1v) is 10.8. The molecule has 156 valence electrons. The van der Waals surface area contributed by atoms with Crippen LogP contribution in [0.1, 0.15) is 15.9 Å². The van der Waals surface area contributed by atoms with Crippen molar-refractivity contribution >= 4 is 33.9 Å². The lowest BCUT2D eigenvalue weighted by Gasteiger charge is -2.12. The highest BCUT2D eigenvalue weighted by Crippen LogP contribution is 2.21.